The minimum absolute atomic E-state index is 0.0568. The van der Waals surface area contributed by atoms with E-state index < -0.39 is 16.0 Å². The Hall–Kier alpha value is -1.15. The SMILES string of the molecule is CCOC(=O)CCC(=O)NCCCNS(C)(=O)=O. The van der Waals surface area contributed by atoms with Crippen LogP contribution in [0.2, 0.25) is 0 Å². The summed E-state index contributed by atoms with van der Waals surface area (Å²) in [5, 5.41) is 2.58. The van der Waals surface area contributed by atoms with Crippen molar-refractivity contribution in [3.8, 4) is 0 Å². The quantitative estimate of drug-likeness (QED) is 0.433. The minimum atomic E-state index is -3.18. The van der Waals surface area contributed by atoms with Gasteiger partial charge < -0.3 is 10.1 Å². The molecule has 0 aromatic heterocycles. The summed E-state index contributed by atoms with van der Waals surface area (Å²) in [6, 6.07) is 0. The number of amides is 1. The highest BCUT2D eigenvalue weighted by Crippen LogP contribution is 1.92. The van der Waals surface area contributed by atoms with Crippen molar-refractivity contribution < 1.29 is 22.7 Å². The van der Waals surface area contributed by atoms with Gasteiger partial charge in [0.25, 0.3) is 0 Å². The van der Waals surface area contributed by atoms with Gasteiger partial charge in [-0.05, 0) is 13.3 Å². The lowest BCUT2D eigenvalue weighted by molar-refractivity contribution is -0.144. The number of esters is 1. The van der Waals surface area contributed by atoms with Gasteiger partial charge in [0.05, 0.1) is 19.3 Å². The van der Waals surface area contributed by atoms with E-state index in [2.05, 4.69) is 14.8 Å². The second-order valence-corrected chi connectivity index (χ2v) is 5.51. The average molecular weight is 280 g/mol. The van der Waals surface area contributed by atoms with Gasteiger partial charge in [-0.25, -0.2) is 13.1 Å². The van der Waals surface area contributed by atoms with E-state index in [-0.39, 0.29) is 25.3 Å². The van der Waals surface area contributed by atoms with E-state index >= 15 is 0 Å². The first-order valence-electron chi connectivity index (χ1n) is 5.72. The molecule has 0 aromatic rings. The predicted molar refractivity (Wildman–Crippen MR) is 66.3 cm³/mol. The first kappa shape index (κ1) is 16.9. The van der Waals surface area contributed by atoms with E-state index in [1.54, 1.807) is 6.92 Å². The molecule has 0 aromatic carbocycles. The molecule has 0 radical (unpaired) electrons. The zero-order chi connectivity index (χ0) is 14.0. The van der Waals surface area contributed by atoms with E-state index in [4.69, 9.17) is 0 Å². The maximum Gasteiger partial charge on any atom is 0.306 e. The molecule has 0 unspecified atom stereocenters. The molecule has 0 rings (SSSR count). The molecule has 1 amide bonds. The van der Waals surface area contributed by atoms with Crippen LogP contribution in [0.25, 0.3) is 0 Å². The monoisotopic (exact) mass is 280 g/mol. The Morgan fingerprint density at radius 3 is 2.39 bits per heavy atom. The highest BCUT2D eigenvalue weighted by molar-refractivity contribution is 7.88. The van der Waals surface area contributed by atoms with Crippen LogP contribution in [0.4, 0.5) is 0 Å². The van der Waals surface area contributed by atoms with Gasteiger partial charge in [-0.15, -0.1) is 0 Å². The van der Waals surface area contributed by atoms with Gasteiger partial charge in [-0.2, -0.15) is 0 Å². The number of carbonyl (C=O) groups is 2. The Bertz CT molecular complexity index is 366. The minimum Gasteiger partial charge on any atom is -0.466 e. The van der Waals surface area contributed by atoms with Crippen molar-refractivity contribution >= 4 is 21.9 Å². The van der Waals surface area contributed by atoms with Crippen LogP contribution in [0, 0.1) is 0 Å². The highest BCUT2D eigenvalue weighted by atomic mass is 32.2. The summed E-state index contributed by atoms with van der Waals surface area (Å²) in [5.41, 5.74) is 0. The number of nitrogens with one attached hydrogen (secondary N) is 2. The number of rotatable bonds is 9. The maximum atomic E-state index is 11.3. The molecule has 0 fully saturated rings. The first-order valence-corrected chi connectivity index (χ1v) is 7.61. The van der Waals surface area contributed by atoms with Crippen LogP contribution in [-0.4, -0.2) is 46.2 Å². The molecule has 8 heteroatoms. The van der Waals surface area contributed by atoms with E-state index in [9.17, 15) is 18.0 Å². The third-order valence-electron chi connectivity index (χ3n) is 1.90. The van der Waals surface area contributed by atoms with Crippen LogP contribution in [0.1, 0.15) is 26.2 Å². The Morgan fingerprint density at radius 1 is 1.17 bits per heavy atom. The topological polar surface area (TPSA) is 102 Å². The van der Waals surface area contributed by atoms with Gasteiger partial charge in [-0.3, -0.25) is 9.59 Å². The van der Waals surface area contributed by atoms with Gasteiger partial charge in [0.15, 0.2) is 0 Å². The van der Waals surface area contributed by atoms with Crippen LogP contribution >= 0.6 is 0 Å². The van der Waals surface area contributed by atoms with Gasteiger partial charge in [0.2, 0.25) is 15.9 Å². The fraction of sp³-hybridized carbons (Fsp3) is 0.800. The van der Waals surface area contributed by atoms with Crippen LogP contribution in [-0.2, 0) is 24.3 Å². The third-order valence-corrected chi connectivity index (χ3v) is 2.63. The van der Waals surface area contributed by atoms with Gasteiger partial charge in [0, 0.05) is 19.5 Å². The molecule has 0 spiro atoms. The molecule has 0 saturated carbocycles. The number of sulfonamides is 1. The lowest BCUT2D eigenvalue weighted by Crippen LogP contribution is -2.29. The standard InChI is InChI=1S/C10H20N2O5S/c1-3-17-10(14)6-5-9(13)11-7-4-8-12-18(2,15)16/h12H,3-8H2,1-2H3,(H,11,13). The molecular weight excluding hydrogens is 260 g/mol. The molecular formula is C10H20N2O5S. The molecule has 0 atom stereocenters. The van der Waals surface area contributed by atoms with Crippen molar-refractivity contribution in [2.75, 3.05) is 26.0 Å². The second-order valence-electron chi connectivity index (χ2n) is 3.68. The molecule has 0 aliphatic carbocycles. The van der Waals surface area contributed by atoms with Gasteiger partial charge >= 0.3 is 5.97 Å². The zero-order valence-electron chi connectivity index (χ0n) is 10.7. The van der Waals surface area contributed by atoms with Crippen molar-refractivity contribution in [2.24, 2.45) is 0 Å². The Morgan fingerprint density at radius 2 is 1.83 bits per heavy atom. The largest absolute Gasteiger partial charge is 0.466 e. The molecule has 0 aliphatic heterocycles. The molecule has 0 heterocycles. The zero-order valence-corrected chi connectivity index (χ0v) is 11.5. The molecule has 7 nitrogen and oxygen atoms in total. The summed E-state index contributed by atoms with van der Waals surface area (Å²) in [6.45, 7) is 2.64. The van der Waals surface area contributed by atoms with Crippen LogP contribution in [0.3, 0.4) is 0 Å². The van der Waals surface area contributed by atoms with Crippen molar-refractivity contribution in [3.63, 3.8) is 0 Å². The molecule has 18 heavy (non-hydrogen) atoms. The summed E-state index contributed by atoms with van der Waals surface area (Å²) in [6.07, 6.45) is 1.71. The summed E-state index contributed by atoms with van der Waals surface area (Å²) in [5.74, 6) is -0.645. The lowest BCUT2D eigenvalue weighted by Gasteiger charge is -2.05. The Balaban J connectivity index is 3.51. The molecule has 0 saturated heterocycles. The average Bonchev–Trinajstić information content (AvgIpc) is 2.25. The molecule has 2 N–H and O–H groups in total. The normalized spacial score (nSPS) is 11.0. The number of carbonyl (C=O) groups excluding carboxylic acids is 2. The first-order chi connectivity index (χ1) is 8.35. The van der Waals surface area contributed by atoms with Crippen LogP contribution in [0.5, 0.6) is 0 Å². The highest BCUT2D eigenvalue weighted by Gasteiger charge is 2.06. The summed E-state index contributed by atoms with van der Waals surface area (Å²) in [7, 11) is -3.18. The number of ether oxygens (including phenoxy) is 1. The number of hydrogen-bond acceptors (Lipinski definition) is 5. The summed E-state index contributed by atoms with van der Waals surface area (Å²) < 4.78 is 28.4. The lowest BCUT2D eigenvalue weighted by atomic mass is 10.3. The van der Waals surface area contributed by atoms with Crippen molar-refractivity contribution in [3.05, 3.63) is 0 Å². The molecule has 0 aliphatic rings. The van der Waals surface area contributed by atoms with Crippen LogP contribution < -0.4 is 10.0 Å². The van der Waals surface area contributed by atoms with Crippen LogP contribution in [0.15, 0.2) is 0 Å². The van der Waals surface area contributed by atoms with Crippen molar-refractivity contribution in [1.82, 2.24) is 10.0 Å². The third kappa shape index (κ3) is 11.3. The Kier molecular flexibility index (Phi) is 8.30. The molecule has 0 bridgehead atoms. The smallest absolute Gasteiger partial charge is 0.306 e. The van der Waals surface area contributed by atoms with Crippen molar-refractivity contribution in [1.29, 1.82) is 0 Å². The maximum absolute atomic E-state index is 11.3. The van der Waals surface area contributed by atoms with Crippen molar-refractivity contribution in [2.45, 2.75) is 26.2 Å². The van der Waals surface area contributed by atoms with E-state index in [0.29, 0.717) is 19.6 Å². The summed E-state index contributed by atoms with van der Waals surface area (Å²) in [4.78, 5) is 22.2. The predicted octanol–water partition coefficient (Wildman–Crippen LogP) is -0.615. The van der Waals surface area contributed by atoms with E-state index in [0.717, 1.165) is 6.26 Å². The Labute approximate surface area is 107 Å². The number of hydrogen-bond donors (Lipinski definition) is 2. The fourth-order valence-electron chi connectivity index (χ4n) is 1.11. The van der Waals surface area contributed by atoms with Gasteiger partial charge in [-0.1, -0.05) is 0 Å². The van der Waals surface area contributed by atoms with E-state index in [1.165, 1.54) is 0 Å². The second kappa shape index (κ2) is 8.87. The van der Waals surface area contributed by atoms with E-state index in [1.807, 2.05) is 0 Å². The molecule has 106 valence electrons. The van der Waals surface area contributed by atoms with Gasteiger partial charge in [0.1, 0.15) is 0 Å². The summed E-state index contributed by atoms with van der Waals surface area (Å²) >= 11 is 0. The fourth-order valence-corrected chi connectivity index (χ4v) is 1.63.